The van der Waals surface area contributed by atoms with E-state index < -0.39 is 18.8 Å². The van der Waals surface area contributed by atoms with Gasteiger partial charge in [0.15, 0.2) is 0 Å². The van der Waals surface area contributed by atoms with Crippen LogP contribution in [0.5, 0.6) is 0 Å². The van der Waals surface area contributed by atoms with Crippen molar-refractivity contribution in [3.63, 3.8) is 0 Å². The molecule has 90 valence electrons. The summed E-state index contributed by atoms with van der Waals surface area (Å²) in [4.78, 5) is 0. The van der Waals surface area contributed by atoms with Crippen molar-refractivity contribution in [2.45, 2.75) is 59.7 Å². The van der Waals surface area contributed by atoms with Gasteiger partial charge < -0.3 is 0 Å². The second kappa shape index (κ2) is 4.82. The molecule has 0 saturated carbocycles. The van der Waals surface area contributed by atoms with E-state index in [1.807, 2.05) is 41.5 Å². The average molecular weight is 234 g/mol. The summed E-state index contributed by atoms with van der Waals surface area (Å²) in [5.41, 5.74) is -0.972. The van der Waals surface area contributed by atoms with Crippen LogP contribution in [-0.4, -0.2) is 11.2 Å². The van der Waals surface area contributed by atoms with Gasteiger partial charge in [-0.1, -0.05) is 6.08 Å². The Bertz CT molecular complexity index is 249. The van der Waals surface area contributed by atoms with E-state index in [2.05, 4.69) is 0 Å². The van der Waals surface area contributed by atoms with E-state index in [9.17, 15) is 4.57 Å². The van der Waals surface area contributed by atoms with Crippen molar-refractivity contribution in [2.75, 3.05) is 0 Å². The lowest BCUT2D eigenvalue weighted by molar-refractivity contribution is 0.0542. The van der Waals surface area contributed by atoms with Crippen molar-refractivity contribution in [1.82, 2.24) is 0 Å². The van der Waals surface area contributed by atoms with E-state index >= 15 is 0 Å². The van der Waals surface area contributed by atoms with Crippen molar-refractivity contribution in [3.8, 4) is 0 Å². The predicted molar refractivity (Wildman–Crippen MR) is 64.1 cm³/mol. The molecule has 0 heterocycles. The fourth-order valence-corrected chi connectivity index (χ4v) is 3.08. The van der Waals surface area contributed by atoms with Gasteiger partial charge in [-0.25, -0.2) is 0 Å². The molecular weight excluding hydrogens is 211 g/mol. The molecule has 0 unspecified atom stereocenters. The quantitative estimate of drug-likeness (QED) is 0.681. The van der Waals surface area contributed by atoms with Gasteiger partial charge in [0.2, 0.25) is 0 Å². The van der Waals surface area contributed by atoms with Crippen molar-refractivity contribution >= 4 is 7.60 Å². The van der Waals surface area contributed by atoms with E-state index in [1.54, 1.807) is 13.0 Å². The minimum atomic E-state index is -3.14. The largest absolute Gasteiger partial charge is 0.354 e. The first kappa shape index (κ1) is 14.9. The lowest BCUT2D eigenvalue weighted by Gasteiger charge is -2.30. The highest BCUT2D eigenvalue weighted by Gasteiger charge is 2.32. The lowest BCUT2D eigenvalue weighted by Crippen LogP contribution is -2.23. The molecule has 0 atom stereocenters. The summed E-state index contributed by atoms with van der Waals surface area (Å²) in [5, 5.41) is 0. The molecule has 0 rings (SSSR count). The summed E-state index contributed by atoms with van der Waals surface area (Å²) in [6, 6.07) is 0. The molecule has 0 N–H and O–H groups in total. The molecule has 0 radical (unpaired) electrons. The van der Waals surface area contributed by atoms with Crippen LogP contribution >= 0.6 is 7.60 Å². The fourth-order valence-electron chi connectivity index (χ4n) is 1.03. The number of hydrogen-bond acceptors (Lipinski definition) is 3. The Balaban J connectivity index is 4.85. The third-order valence-corrected chi connectivity index (χ3v) is 3.40. The highest BCUT2D eigenvalue weighted by molar-refractivity contribution is 7.57. The van der Waals surface area contributed by atoms with Crippen LogP contribution in [0.1, 0.15) is 48.5 Å². The molecule has 0 aliphatic heterocycles. The van der Waals surface area contributed by atoms with Crippen molar-refractivity contribution in [2.24, 2.45) is 0 Å². The van der Waals surface area contributed by atoms with Gasteiger partial charge >= 0.3 is 7.60 Å². The second-order valence-corrected chi connectivity index (χ2v) is 7.17. The van der Waals surface area contributed by atoms with Crippen LogP contribution in [0.15, 0.2) is 11.9 Å². The minimum Gasteiger partial charge on any atom is -0.300 e. The fraction of sp³-hybridized carbons (Fsp3) is 0.818. The third-order valence-electron chi connectivity index (χ3n) is 1.13. The van der Waals surface area contributed by atoms with Crippen LogP contribution in [0, 0.1) is 0 Å². The molecule has 0 saturated heterocycles. The summed E-state index contributed by atoms with van der Waals surface area (Å²) < 4.78 is 23.3. The van der Waals surface area contributed by atoms with E-state index in [4.69, 9.17) is 9.05 Å². The molecule has 0 aromatic rings. The van der Waals surface area contributed by atoms with Crippen LogP contribution < -0.4 is 0 Å². The Morgan fingerprint density at radius 1 is 0.933 bits per heavy atom. The summed E-state index contributed by atoms with van der Waals surface area (Å²) in [6.45, 7) is 12.9. The molecular formula is C11H23O3P. The zero-order valence-corrected chi connectivity index (χ0v) is 11.7. The van der Waals surface area contributed by atoms with Gasteiger partial charge in [0.1, 0.15) is 0 Å². The number of hydrogen-bond donors (Lipinski definition) is 0. The van der Waals surface area contributed by atoms with Crippen LogP contribution in [0.25, 0.3) is 0 Å². The van der Waals surface area contributed by atoms with Gasteiger partial charge in [-0.05, 0) is 48.5 Å². The molecule has 3 nitrogen and oxygen atoms in total. The molecule has 0 aliphatic rings. The molecule has 0 aromatic carbocycles. The first-order valence-electron chi connectivity index (χ1n) is 5.12. The SMILES string of the molecule is C/C=C\P(=O)(OC(C)(C)C)OC(C)(C)C. The first-order chi connectivity index (χ1) is 6.47. The van der Waals surface area contributed by atoms with Gasteiger partial charge in [-0.3, -0.25) is 13.6 Å². The molecule has 15 heavy (non-hydrogen) atoms. The molecule has 0 bridgehead atoms. The maximum Gasteiger partial charge on any atom is 0.354 e. The van der Waals surface area contributed by atoms with Crippen molar-refractivity contribution in [3.05, 3.63) is 11.9 Å². The van der Waals surface area contributed by atoms with Gasteiger partial charge in [0.05, 0.1) is 11.2 Å². The summed E-state index contributed by atoms with van der Waals surface area (Å²) in [6.07, 6.45) is 1.69. The highest BCUT2D eigenvalue weighted by atomic mass is 31.2. The Morgan fingerprint density at radius 3 is 1.47 bits per heavy atom. The molecule has 0 amide bonds. The average Bonchev–Trinajstić information content (AvgIpc) is 1.74. The molecule has 0 fully saturated rings. The Kier molecular flexibility index (Phi) is 4.78. The van der Waals surface area contributed by atoms with Crippen LogP contribution in [0.4, 0.5) is 0 Å². The van der Waals surface area contributed by atoms with E-state index in [-0.39, 0.29) is 0 Å². The van der Waals surface area contributed by atoms with Crippen molar-refractivity contribution < 1.29 is 13.6 Å². The molecule has 0 aromatic heterocycles. The zero-order valence-electron chi connectivity index (χ0n) is 10.8. The normalized spacial score (nSPS) is 14.9. The topological polar surface area (TPSA) is 35.5 Å². The molecule has 4 heteroatoms. The van der Waals surface area contributed by atoms with Crippen LogP contribution in [0.2, 0.25) is 0 Å². The first-order valence-corrected chi connectivity index (χ1v) is 6.74. The predicted octanol–water partition coefficient (Wildman–Crippen LogP) is 4.34. The maximum absolute atomic E-state index is 12.3. The molecule has 0 aliphatic carbocycles. The Morgan fingerprint density at radius 2 is 1.27 bits per heavy atom. The Hall–Kier alpha value is -0.110. The summed E-state index contributed by atoms with van der Waals surface area (Å²) in [7, 11) is -3.14. The van der Waals surface area contributed by atoms with Gasteiger partial charge in [-0.15, -0.1) is 0 Å². The summed E-state index contributed by atoms with van der Waals surface area (Å²) in [5.74, 6) is 1.50. The number of rotatable bonds is 3. The highest BCUT2D eigenvalue weighted by Crippen LogP contribution is 2.55. The van der Waals surface area contributed by atoms with Gasteiger partial charge in [0.25, 0.3) is 0 Å². The van der Waals surface area contributed by atoms with E-state index in [0.29, 0.717) is 0 Å². The van der Waals surface area contributed by atoms with E-state index in [0.717, 1.165) is 0 Å². The van der Waals surface area contributed by atoms with Gasteiger partial charge in [-0.2, -0.15) is 0 Å². The standard InChI is InChI=1S/C11H23O3P/c1-8-9-15(12,13-10(2,3)4)14-11(5,6)7/h8-9H,1-7H3/b9-8-. The molecule has 0 spiro atoms. The minimum absolute atomic E-state index is 0.486. The maximum atomic E-state index is 12.3. The van der Waals surface area contributed by atoms with Crippen LogP contribution in [-0.2, 0) is 13.6 Å². The Labute approximate surface area is 93.4 Å². The third kappa shape index (κ3) is 7.78. The second-order valence-electron chi connectivity index (χ2n) is 5.43. The zero-order chi connectivity index (χ0) is 12.3. The van der Waals surface area contributed by atoms with Gasteiger partial charge in [0, 0.05) is 5.82 Å². The summed E-state index contributed by atoms with van der Waals surface area (Å²) >= 11 is 0. The smallest absolute Gasteiger partial charge is 0.300 e. The monoisotopic (exact) mass is 234 g/mol. The van der Waals surface area contributed by atoms with E-state index in [1.165, 1.54) is 5.82 Å². The lowest BCUT2D eigenvalue weighted by atomic mass is 10.2. The number of allylic oxidation sites excluding steroid dienone is 1. The van der Waals surface area contributed by atoms with Crippen LogP contribution in [0.3, 0.4) is 0 Å². The van der Waals surface area contributed by atoms with Crippen molar-refractivity contribution in [1.29, 1.82) is 0 Å².